The number of hydrogen-bond acceptors (Lipinski definition) is 4. The second kappa shape index (κ2) is 6.77. The topological polar surface area (TPSA) is 88.3 Å². The van der Waals surface area contributed by atoms with E-state index in [1.54, 1.807) is 27.7 Å². The first kappa shape index (κ1) is 17.9. The van der Waals surface area contributed by atoms with Crippen molar-refractivity contribution >= 4 is 17.6 Å². The second-order valence-corrected chi connectivity index (χ2v) is 6.57. The van der Waals surface area contributed by atoms with E-state index in [9.17, 15) is 14.4 Å². The van der Waals surface area contributed by atoms with Gasteiger partial charge in [-0.2, -0.15) is 0 Å². The van der Waals surface area contributed by atoms with Crippen molar-refractivity contribution in [3.63, 3.8) is 0 Å². The fourth-order valence-corrected chi connectivity index (χ4v) is 1.83. The smallest absolute Gasteiger partial charge is 0.307 e. The molecule has 6 heteroatoms. The first-order valence-corrected chi connectivity index (χ1v) is 7.28. The number of nitrogens with one attached hydrogen (secondary N) is 2. The summed E-state index contributed by atoms with van der Waals surface area (Å²) in [7, 11) is 0. The van der Waals surface area contributed by atoms with Crippen molar-refractivity contribution in [2.24, 2.45) is 5.41 Å². The number of carbonyl (C=O) groups is 2. The van der Waals surface area contributed by atoms with E-state index < -0.39 is 17.0 Å². The summed E-state index contributed by atoms with van der Waals surface area (Å²) in [6.45, 7) is 8.92. The average molecular weight is 308 g/mol. The molecule has 0 aliphatic carbocycles. The predicted octanol–water partition coefficient (Wildman–Crippen LogP) is 2.46. The lowest BCUT2D eigenvalue weighted by molar-refractivity contribution is -0.159. The number of carbonyl (C=O) groups excluding carboxylic acids is 2. The van der Waals surface area contributed by atoms with Crippen LogP contribution in [-0.2, 0) is 14.3 Å². The van der Waals surface area contributed by atoms with Crippen molar-refractivity contribution in [1.29, 1.82) is 0 Å². The van der Waals surface area contributed by atoms with Crippen LogP contribution in [0.3, 0.4) is 0 Å². The van der Waals surface area contributed by atoms with E-state index in [0.717, 1.165) is 0 Å². The van der Waals surface area contributed by atoms with Gasteiger partial charge in [0.15, 0.2) is 0 Å². The molecule has 0 saturated carbocycles. The number of pyridine rings is 1. The van der Waals surface area contributed by atoms with E-state index in [2.05, 4.69) is 10.3 Å². The van der Waals surface area contributed by atoms with E-state index >= 15 is 0 Å². The van der Waals surface area contributed by atoms with Gasteiger partial charge in [0.05, 0.1) is 17.5 Å². The molecule has 6 nitrogen and oxygen atoms in total. The molecular weight excluding hydrogens is 284 g/mol. The van der Waals surface area contributed by atoms with Gasteiger partial charge in [0.25, 0.3) is 0 Å². The summed E-state index contributed by atoms with van der Waals surface area (Å²) >= 11 is 0. The monoisotopic (exact) mass is 308 g/mol. The molecule has 2 N–H and O–H groups in total. The Labute approximate surface area is 130 Å². The molecule has 1 aromatic heterocycles. The van der Waals surface area contributed by atoms with Crippen molar-refractivity contribution in [3.8, 4) is 0 Å². The fraction of sp³-hybridized carbons (Fsp3) is 0.562. The minimum Gasteiger partial charge on any atom is -0.460 e. The summed E-state index contributed by atoms with van der Waals surface area (Å²) in [5.41, 5.74) is -1.22. The van der Waals surface area contributed by atoms with Crippen LogP contribution in [-0.4, -0.2) is 22.5 Å². The molecule has 1 rings (SSSR count). The highest BCUT2D eigenvalue weighted by Gasteiger charge is 2.35. The van der Waals surface area contributed by atoms with Crippen LogP contribution in [0.5, 0.6) is 0 Å². The summed E-state index contributed by atoms with van der Waals surface area (Å²) in [6.07, 6.45) is 1.90. The van der Waals surface area contributed by atoms with Gasteiger partial charge in [0, 0.05) is 12.3 Å². The Morgan fingerprint density at radius 2 is 1.86 bits per heavy atom. The standard InChI is InChI=1S/C16H24N2O4/c1-6-16(5,9-13(20)22-15(2,3)4)14(21)18-11-7-8-12(19)17-10-11/h7-8,10H,6,9H2,1-5H3,(H,17,19)(H,18,21)/t16-/m0/s1. The largest absolute Gasteiger partial charge is 0.460 e. The Hall–Kier alpha value is -2.11. The number of esters is 1. The zero-order valence-corrected chi connectivity index (χ0v) is 13.8. The molecule has 1 heterocycles. The third kappa shape index (κ3) is 5.35. The van der Waals surface area contributed by atoms with Crippen LogP contribution in [0.1, 0.15) is 47.5 Å². The predicted molar refractivity (Wildman–Crippen MR) is 84.6 cm³/mol. The molecule has 1 amide bonds. The van der Waals surface area contributed by atoms with Gasteiger partial charge in [-0.05, 0) is 33.3 Å². The highest BCUT2D eigenvalue weighted by atomic mass is 16.6. The second-order valence-electron chi connectivity index (χ2n) is 6.57. The molecule has 0 aromatic carbocycles. The van der Waals surface area contributed by atoms with Gasteiger partial charge in [-0.3, -0.25) is 14.4 Å². The van der Waals surface area contributed by atoms with Crippen LogP contribution in [0, 0.1) is 5.41 Å². The SMILES string of the molecule is CC[C@@](C)(CC(=O)OC(C)(C)C)C(=O)Nc1ccc(=O)[nH]c1. The Bertz CT molecular complexity index is 580. The molecular formula is C16H24N2O4. The van der Waals surface area contributed by atoms with Crippen molar-refractivity contribution in [2.75, 3.05) is 5.32 Å². The molecule has 0 spiro atoms. The van der Waals surface area contributed by atoms with Crippen molar-refractivity contribution in [3.05, 3.63) is 28.7 Å². The van der Waals surface area contributed by atoms with Gasteiger partial charge >= 0.3 is 5.97 Å². The number of hydrogen-bond donors (Lipinski definition) is 2. The minimum atomic E-state index is -0.877. The molecule has 22 heavy (non-hydrogen) atoms. The maximum Gasteiger partial charge on any atom is 0.307 e. The number of aromatic nitrogens is 1. The third-order valence-electron chi connectivity index (χ3n) is 3.33. The molecule has 0 saturated heterocycles. The summed E-state index contributed by atoms with van der Waals surface area (Å²) in [6, 6.07) is 2.84. The summed E-state index contributed by atoms with van der Waals surface area (Å²) in [5.74, 6) is -0.693. The minimum absolute atomic E-state index is 0.00401. The molecule has 0 fully saturated rings. The van der Waals surface area contributed by atoms with Gasteiger partial charge in [0.1, 0.15) is 5.60 Å². The highest BCUT2D eigenvalue weighted by molar-refractivity contribution is 5.97. The maximum atomic E-state index is 12.4. The van der Waals surface area contributed by atoms with Crippen molar-refractivity contribution in [1.82, 2.24) is 4.98 Å². The molecule has 0 unspecified atom stereocenters. The third-order valence-corrected chi connectivity index (χ3v) is 3.33. The zero-order valence-electron chi connectivity index (χ0n) is 13.8. The lowest BCUT2D eigenvalue weighted by atomic mass is 9.83. The van der Waals surface area contributed by atoms with Gasteiger partial charge in [0.2, 0.25) is 11.5 Å². The molecule has 0 radical (unpaired) electrons. The van der Waals surface area contributed by atoms with Crippen LogP contribution in [0.2, 0.25) is 0 Å². The van der Waals surface area contributed by atoms with E-state index in [1.807, 2.05) is 6.92 Å². The van der Waals surface area contributed by atoms with E-state index in [4.69, 9.17) is 4.74 Å². The maximum absolute atomic E-state index is 12.4. The number of H-pyrrole nitrogens is 1. The van der Waals surface area contributed by atoms with Crippen LogP contribution in [0.15, 0.2) is 23.1 Å². The summed E-state index contributed by atoms with van der Waals surface area (Å²) in [4.78, 5) is 37.9. The van der Waals surface area contributed by atoms with Gasteiger partial charge in [-0.25, -0.2) is 0 Å². The molecule has 122 valence electrons. The lowest BCUT2D eigenvalue weighted by Crippen LogP contribution is -2.37. The van der Waals surface area contributed by atoms with Crippen LogP contribution in [0.25, 0.3) is 0 Å². The first-order valence-electron chi connectivity index (χ1n) is 7.28. The van der Waals surface area contributed by atoms with Gasteiger partial charge in [-0.15, -0.1) is 0 Å². The number of amides is 1. The average Bonchev–Trinajstić information content (AvgIpc) is 2.38. The Kier molecular flexibility index (Phi) is 5.52. The van der Waals surface area contributed by atoms with Crippen LogP contribution >= 0.6 is 0 Å². The van der Waals surface area contributed by atoms with E-state index in [-0.39, 0.29) is 17.9 Å². The van der Waals surface area contributed by atoms with Crippen molar-refractivity contribution < 1.29 is 14.3 Å². The Morgan fingerprint density at radius 3 is 2.32 bits per heavy atom. The fourth-order valence-electron chi connectivity index (χ4n) is 1.83. The summed E-state index contributed by atoms with van der Waals surface area (Å²) < 4.78 is 5.28. The molecule has 0 aliphatic heterocycles. The van der Waals surface area contributed by atoms with Gasteiger partial charge in [-0.1, -0.05) is 13.8 Å². The molecule has 1 atom stereocenters. The molecule has 0 aliphatic rings. The Balaban J connectivity index is 2.79. The first-order chi connectivity index (χ1) is 10.1. The summed E-state index contributed by atoms with van der Waals surface area (Å²) in [5, 5.41) is 2.71. The zero-order chi connectivity index (χ0) is 17.0. The lowest BCUT2D eigenvalue weighted by Gasteiger charge is -2.28. The molecule has 0 bridgehead atoms. The van der Waals surface area contributed by atoms with Crippen molar-refractivity contribution in [2.45, 2.75) is 53.1 Å². The number of ether oxygens (including phenoxy) is 1. The number of anilines is 1. The van der Waals surface area contributed by atoms with Crippen LogP contribution < -0.4 is 10.9 Å². The Morgan fingerprint density at radius 1 is 1.23 bits per heavy atom. The number of aromatic amines is 1. The quantitative estimate of drug-likeness (QED) is 0.818. The van der Waals surface area contributed by atoms with E-state index in [1.165, 1.54) is 18.3 Å². The molecule has 1 aromatic rings. The highest BCUT2D eigenvalue weighted by Crippen LogP contribution is 2.29. The number of rotatable bonds is 5. The normalized spacial score (nSPS) is 14.0. The van der Waals surface area contributed by atoms with Crippen LogP contribution in [0.4, 0.5) is 5.69 Å². The van der Waals surface area contributed by atoms with E-state index in [0.29, 0.717) is 12.1 Å². The van der Waals surface area contributed by atoms with Gasteiger partial charge < -0.3 is 15.0 Å².